The van der Waals surface area contributed by atoms with Crippen LogP contribution < -0.4 is 5.32 Å². The Morgan fingerprint density at radius 2 is 1.26 bits per heavy atom. The number of hydrogen-bond acceptors (Lipinski definition) is 3. The number of fused-ring (bicyclic) bond motifs is 7. The summed E-state index contributed by atoms with van der Waals surface area (Å²) in [5.74, 6) is -1.08. The lowest BCUT2D eigenvalue weighted by Gasteiger charge is -2.31. The van der Waals surface area contributed by atoms with Crippen LogP contribution >= 0.6 is 0 Å². The van der Waals surface area contributed by atoms with Gasteiger partial charge in [-0.05, 0) is 64.6 Å². The van der Waals surface area contributed by atoms with E-state index >= 15 is 0 Å². The number of hydrogen-bond donors (Lipinski definition) is 2. The molecule has 0 saturated heterocycles. The minimum atomic E-state index is -1.55. The molecule has 0 bridgehead atoms. The summed E-state index contributed by atoms with van der Waals surface area (Å²) >= 11 is 0. The second-order valence-corrected chi connectivity index (χ2v) is 10.0. The molecule has 0 spiro atoms. The summed E-state index contributed by atoms with van der Waals surface area (Å²) in [6, 6.07) is 24.3. The Morgan fingerprint density at radius 1 is 0.794 bits per heavy atom. The molecular formula is C29H27NO4. The van der Waals surface area contributed by atoms with Gasteiger partial charge >= 0.3 is 12.1 Å². The third kappa shape index (κ3) is 3.77. The number of amides is 1. The van der Waals surface area contributed by atoms with Crippen molar-refractivity contribution in [3.63, 3.8) is 0 Å². The Kier molecular flexibility index (Phi) is 5.08. The van der Waals surface area contributed by atoms with Crippen LogP contribution in [-0.4, -0.2) is 28.3 Å². The maximum atomic E-state index is 12.8. The van der Waals surface area contributed by atoms with Gasteiger partial charge in [-0.1, -0.05) is 72.8 Å². The number of carboxylic acids is 1. The molecule has 0 atom stereocenters. The SMILES string of the molecule is CC(C)(C)OC(=O)NC1(C(=O)O)Cc2ccc3ccccc3c2-c2c(ccc3ccccc23)C1. The molecule has 0 unspecified atom stereocenters. The van der Waals surface area contributed by atoms with Crippen molar-refractivity contribution >= 4 is 33.6 Å². The molecule has 1 aliphatic carbocycles. The van der Waals surface area contributed by atoms with Crippen LogP contribution in [0.2, 0.25) is 0 Å². The molecule has 5 nitrogen and oxygen atoms in total. The van der Waals surface area contributed by atoms with Crippen molar-refractivity contribution in [1.82, 2.24) is 5.32 Å². The predicted molar refractivity (Wildman–Crippen MR) is 134 cm³/mol. The second kappa shape index (κ2) is 7.87. The molecule has 5 heteroatoms. The Hall–Kier alpha value is -3.86. The van der Waals surface area contributed by atoms with E-state index in [-0.39, 0.29) is 12.8 Å². The third-order valence-corrected chi connectivity index (χ3v) is 6.41. The van der Waals surface area contributed by atoms with Crippen LogP contribution in [0.15, 0.2) is 72.8 Å². The van der Waals surface area contributed by atoms with Gasteiger partial charge in [0.1, 0.15) is 11.1 Å². The number of aliphatic carboxylic acids is 1. The highest BCUT2D eigenvalue weighted by molar-refractivity contribution is 6.08. The van der Waals surface area contributed by atoms with Gasteiger partial charge in [-0.15, -0.1) is 0 Å². The molecule has 172 valence electrons. The fourth-order valence-corrected chi connectivity index (χ4v) is 5.02. The van der Waals surface area contributed by atoms with Crippen molar-refractivity contribution in [2.75, 3.05) is 0 Å². The van der Waals surface area contributed by atoms with Gasteiger partial charge in [0, 0.05) is 12.8 Å². The van der Waals surface area contributed by atoms with Gasteiger partial charge in [0.2, 0.25) is 0 Å². The number of nitrogens with one attached hydrogen (secondary N) is 1. The molecule has 0 aromatic heterocycles. The Balaban J connectivity index is 1.79. The van der Waals surface area contributed by atoms with Gasteiger partial charge in [0.15, 0.2) is 0 Å². The summed E-state index contributed by atoms with van der Waals surface area (Å²) in [7, 11) is 0. The van der Waals surface area contributed by atoms with Crippen LogP contribution in [0, 0.1) is 0 Å². The van der Waals surface area contributed by atoms with Gasteiger partial charge in [-0.2, -0.15) is 0 Å². The number of benzene rings is 4. The number of carbonyl (C=O) groups is 2. The number of alkyl carbamates (subject to hydrolysis) is 1. The van der Waals surface area contributed by atoms with Crippen LogP contribution in [0.3, 0.4) is 0 Å². The largest absolute Gasteiger partial charge is 0.479 e. The maximum absolute atomic E-state index is 12.8. The first-order chi connectivity index (χ1) is 16.2. The Labute approximate surface area is 198 Å². The molecule has 5 rings (SSSR count). The summed E-state index contributed by atoms with van der Waals surface area (Å²) < 4.78 is 5.46. The van der Waals surface area contributed by atoms with E-state index in [4.69, 9.17) is 4.74 Å². The highest BCUT2D eigenvalue weighted by atomic mass is 16.6. The number of carboxylic acid groups (broad SMARTS) is 1. The quantitative estimate of drug-likeness (QED) is 0.384. The zero-order valence-electron chi connectivity index (χ0n) is 19.5. The molecule has 4 aromatic rings. The zero-order chi connectivity index (χ0) is 24.1. The summed E-state index contributed by atoms with van der Waals surface area (Å²) in [6.07, 6.45) is -0.448. The number of carbonyl (C=O) groups excluding carboxylic acids is 1. The summed E-state index contributed by atoms with van der Waals surface area (Å²) in [5, 5.41) is 17.5. The van der Waals surface area contributed by atoms with Crippen molar-refractivity contribution in [2.45, 2.75) is 44.8 Å². The molecule has 1 aliphatic rings. The molecule has 1 amide bonds. The van der Waals surface area contributed by atoms with Gasteiger partial charge in [0.05, 0.1) is 0 Å². The van der Waals surface area contributed by atoms with E-state index in [1.165, 1.54) is 0 Å². The standard InChI is InChI=1S/C29H27NO4/c1-28(2,3)34-27(33)30-29(26(31)32)16-20-14-12-18-8-4-6-10-22(18)24(20)25-21(17-29)15-13-19-9-5-7-11-23(19)25/h4-15H,16-17H2,1-3H3,(H,30,33)(H,31,32). The van der Waals surface area contributed by atoms with Crippen molar-refractivity contribution < 1.29 is 19.4 Å². The first-order valence-electron chi connectivity index (χ1n) is 11.4. The van der Waals surface area contributed by atoms with E-state index in [0.29, 0.717) is 0 Å². The van der Waals surface area contributed by atoms with Gasteiger partial charge in [-0.3, -0.25) is 0 Å². The average Bonchev–Trinajstić information content (AvgIpc) is 2.92. The lowest BCUT2D eigenvalue weighted by molar-refractivity contribution is -0.144. The van der Waals surface area contributed by atoms with E-state index in [1.807, 2.05) is 48.5 Å². The van der Waals surface area contributed by atoms with Gasteiger partial charge in [-0.25, -0.2) is 9.59 Å². The fourth-order valence-electron chi connectivity index (χ4n) is 5.02. The highest BCUT2D eigenvalue weighted by Crippen LogP contribution is 2.44. The minimum absolute atomic E-state index is 0.144. The topological polar surface area (TPSA) is 75.6 Å². The third-order valence-electron chi connectivity index (χ3n) is 6.41. The van der Waals surface area contributed by atoms with E-state index < -0.39 is 23.2 Å². The van der Waals surface area contributed by atoms with Crippen molar-refractivity contribution in [1.29, 1.82) is 0 Å². The fraction of sp³-hybridized carbons (Fsp3) is 0.241. The molecular weight excluding hydrogens is 426 g/mol. The Bertz CT molecular complexity index is 1360. The van der Waals surface area contributed by atoms with Crippen LogP contribution in [0.5, 0.6) is 0 Å². The Morgan fingerprint density at radius 3 is 1.71 bits per heavy atom. The predicted octanol–water partition coefficient (Wildman–Crippen LogP) is 6.11. The van der Waals surface area contributed by atoms with Crippen molar-refractivity contribution in [2.24, 2.45) is 0 Å². The highest BCUT2D eigenvalue weighted by Gasteiger charge is 2.44. The summed E-state index contributed by atoms with van der Waals surface area (Å²) in [6.45, 7) is 5.28. The molecule has 0 heterocycles. The molecule has 0 saturated carbocycles. The van der Waals surface area contributed by atoms with E-state index in [9.17, 15) is 14.7 Å². The van der Waals surface area contributed by atoms with Crippen molar-refractivity contribution in [3.8, 4) is 11.1 Å². The maximum Gasteiger partial charge on any atom is 0.408 e. The number of rotatable bonds is 2. The lowest BCUT2D eigenvalue weighted by Crippen LogP contribution is -2.58. The van der Waals surface area contributed by atoms with Crippen LogP contribution in [0.25, 0.3) is 32.7 Å². The lowest BCUT2D eigenvalue weighted by atomic mass is 9.86. The average molecular weight is 454 g/mol. The number of ether oxygens (including phenoxy) is 1. The smallest absolute Gasteiger partial charge is 0.408 e. The van der Waals surface area contributed by atoms with E-state index in [0.717, 1.165) is 43.8 Å². The van der Waals surface area contributed by atoms with Crippen molar-refractivity contribution in [3.05, 3.63) is 83.9 Å². The second-order valence-electron chi connectivity index (χ2n) is 10.0. The van der Waals surface area contributed by atoms with Gasteiger partial charge in [0.25, 0.3) is 0 Å². The molecule has 0 fully saturated rings. The monoisotopic (exact) mass is 453 g/mol. The van der Waals surface area contributed by atoms with Crippen LogP contribution in [0.4, 0.5) is 4.79 Å². The first kappa shape index (κ1) is 22.0. The summed E-state index contributed by atoms with van der Waals surface area (Å²) in [4.78, 5) is 25.6. The molecule has 2 N–H and O–H groups in total. The molecule has 34 heavy (non-hydrogen) atoms. The normalized spacial score (nSPS) is 14.7. The molecule has 4 aromatic carbocycles. The first-order valence-corrected chi connectivity index (χ1v) is 11.4. The van der Waals surface area contributed by atoms with E-state index in [2.05, 4.69) is 29.6 Å². The molecule has 0 aliphatic heterocycles. The van der Waals surface area contributed by atoms with Crippen LogP contribution in [-0.2, 0) is 22.4 Å². The molecule has 0 radical (unpaired) electrons. The van der Waals surface area contributed by atoms with Crippen LogP contribution in [0.1, 0.15) is 31.9 Å². The zero-order valence-corrected chi connectivity index (χ0v) is 19.5. The minimum Gasteiger partial charge on any atom is -0.479 e. The summed E-state index contributed by atoms with van der Waals surface area (Å²) in [5.41, 5.74) is 1.53. The van der Waals surface area contributed by atoms with E-state index in [1.54, 1.807) is 20.8 Å². The van der Waals surface area contributed by atoms with Gasteiger partial charge < -0.3 is 15.2 Å².